The van der Waals surface area contributed by atoms with Crippen LogP contribution in [-0.2, 0) is 13.1 Å². The number of rotatable bonds is 6. The number of nitrogens with one attached hydrogen (secondary N) is 1. The van der Waals surface area contributed by atoms with E-state index in [0.717, 1.165) is 22.3 Å². The molecule has 158 valence electrons. The lowest BCUT2D eigenvalue weighted by Crippen LogP contribution is -2.31. The van der Waals surface area contributed by atoms with Gasteiger partial charge in [-0.3, -0.25) is 9.78 Å². The highest BCUT2D eigenvalue weighted by Crippen LogP contribution is 2.22. The number of hydrogen-bond donors (Lipinski definition) is 1. The van der Waals surface area contributed by atoms with Crippen LogP contribution in [0.5, 0.6) is 0 Å². The molecule has 0 aliphatic carbocycles. The molecule has 0 unspecified atom stereocenters. The summed E-state index contributed by atoms with van der Waals surface area (Å²) < 4.78 is 0. The molecule has 4 aromatic rings. The zero-order valence-corrected chi connectivity index (χ0v) is 17.8. The Morgan fingerprint density at radius 1 is 1.09 bits per heavy atom. The average molecular weight is 423 g/mol. The fourth-order valence-electron chi connectivity index (χ4n) is 3.41. The molecule has 1 amide bonds. The Labute approximate surface area is 185 Å². The number of carbonyl (C=O) groups is 1. The Bertz CT molecular complexity index is 1300. The smallest absolute Gasteiger partial charge is 0.254 e. The minimum atomic E-state index is -0.166. The summed E-state index contributed by atoms with van der Waals surface area (Å²) >= 11 is 0. The summed E-state index contributed by atoms with van der Waals surface area (Å²) in [6.07, 6.45) is 4.80. The van der Waals surface area contributed by atoms with Gasteiger partial charge in [0.05, 0.1) is 29.9 Å². The first kappa shape index (κ1) is 20.9. The Kier molecular flexibility index (Phi) is 5.99. The molecule has 8 nitrogen and oxygen atoms in total. The largest absolute Gasteiger partial charge is 0.373 e. The highest BCUT2D eigenvalue weighted by Gasteiger charge is 2.19. The molecule has 1 aromatic carbocycles. The predicted molar refractivity (Wildman–Crippen MR) is 121 cm³/mol. The lowest BCUT2D eigenvalue weighted by atomic mass is 10.1. The van der Waals surface area contributed by atoms with Gasteiger partial charge in [0.25, 0.3) is 5.91 Å². The zero-order valence-electron chi connectivity index (χ0n) is 17.8. The lowest BCUT2D eigenvalue weighted by molar-refractivity contribution is 0.0723. The van der Waals surface area contributed by atoms with E-state index in [4.69, 9.17) is 5.26 Å². The maximum absolute atomic E-state index is 13.5. The van der Waals surface area contributed by atoms with Crippen molar-refractivity contribution in [3.63, 3.8) is 0 Å². The van der Waals surface area contributed by atoms with Gasteiger partial charge in [0.1, 0.15) is 17.7 Å². The van der Waals surface area contributed by atoms with Gasteiger partial charge >= 0.3 is 0 Å². The van der Waals surface area contributed by atoms with E-state index in [9.17, 15) is 4.79 Å². The van der Waals surface area contributed by atoms with Gasteiger partial charge in [-0.1, -0.05) is 0 Å². The number of aromatic nitrogens is 4. The van der Waals surface area contributed by atoms with Crippen molar-refractivity contribution in [3.8, 4) is 6.07 Å². The molecule has 0 aliphatic rings. The van der Waals surface area contributed by atoms with E-state index >= 15 is 0 Å². The first-order valence-electron chi connectivity index (χ1n) is 10.1. The molecule has 0 spiro atoms. The van der Waals surface area contributed by atoms with Crippen molar-refractivity contribution >= 4 is 22.6 Å². The third-order valence-corrected chi connectivity index (χ3v) is 5.03. The van der Waals surface area contributed by atoms with Crippen molar-refractivity contribution in [1.82, 2.24) is 24.8 Å². The summed E-state index contributed by atoms with van der Waals surface area (Å²) in [5.74, 6) is 1.18. The molecule has 0 saturated heterocycles. The number of carbonyl (C=O) groups excluding carboxylic acids is 1. The van der Waals surface area contributed by atoms with Crippen LogP contribution in [0.1, 0.15) is 33.0 Å². The van der Waals surface area contributed by atoms with Crippen LogP contribution in [0, 0.1) is 18.3 Å². The second-order valence-electron chi connectivity index (χ2n) is 7.29. The summed E-state index contributed by atoms with van der Waals surface area (Å²) in [6, 6.07) is 14.7. The summed E-state index contributed by atoms with van der Waals surface area (Å²) in [6.45, 7) is 2.47. The minimum Gasteiger partial charge on any atom is -0.373 e. The van der Waals surface area contributed by atoms with Crippen molar-refractivity contribution < 1.29 is 4.79 Å². The summed E-state index contributed by atoms with van der Waals surface area (Å²) in [5.41, 5.74) is 3.49. The topological polar surface area (TPSA) is 108 Å². The first-order chi connectivity index (χ1) is 15.6. The minimum absolute atomic E-state index is 0.166. The molecule has 0 atom stereocenters. The van der Waals surface area contributed by atoms with Crippen molar-refractivity contribution in [2.75, 3.05) is 12.4 Å². The average Bonchev–Trinajstić information content (AvgIpc) is 2.83. The first-order valence-corrected chi connectivity index (χ1v) is 10.1. The summed E-state index contributed by atoms with van der Waals surface area (Å²) in [7, 11) is 1.83. The van der Waals surface area contributed by atoms with E-state index in [1.807, 2.05) is 32.2 Å². The fourth-order valence-corrected chi connectivity index (χ4v) is 3.41. The molecule has 4 rings (SSSR count). The van der Waals surface area contributed by atoms with Gasteiger partial charge in [0.2, 0.25) is 0 Å². The number of benzene rings is 1. The van der Waals surface area contributed by atoms with Gasteiger partial charge in [-0.25, -0.2) is 15.0 Å². The third-order valence-electron chi connectivity index (χ3n) is 5.03. The van der Waals surface area contributed by atoms with Crippen molar-refractivity contribution in [3.05, 3.63) is 89.3 Å². The highest BCUT2D eigenvalue weighted by atomic mass is 16.2. The molecule has 0 radical (unpaired) electrons. The number of nitriles is 1. The molecular weight excluding hydrogens is 402 g/mol. The second-order valence-corrected chi connectivity index (χ2v) is 7.29. The molecule has 32 heavy (non-hydrogen) atoms. The quantitative estimate of drug-likeness (QED) is 0.506. The molecule has 0 fully saturated rings. The van der Waals surface area contributed by atoms with Gasteiger partial charge in [0.15, 0.2) is 0 Å². The van der Waals surface area contributed by atoms with Crippen LogP contribution >= 0.6 is 0 Å². The van der Waals surface area contributed by atoms with Crippen LogP contribution in [-0.4, -0.2) is 37.8 Å². The number of aryl methyl sites for hydroxylation is 1. The number of nitrogens with zero attached hydrogens (tertiary/aromatic N) is 6. The van der Waals surface area contributed by atoms with E-state index in [2.05, 4.69) is 31.3 Å². The number of anilines is 1. The van der Waals surface area contributed by atoms with Crippen LogP contribution in [0.15, 0.2) is 61.1 Å². The number of amides is 1. The molecule has 3 heterocycles. The standard InChI is InChI=1S/C24H21N7O/c1-16-10-19-11-18(5-7-21(19)30-23(16)26-2)24(32)31(15-22-27-8-3-9-28-22)14-20-6-4-17(12-25)13-29-20/h3-11,13H,14-15H2,1-2H3,(H,26,30). The maximum atomic E-state index is 13.5. The van der Waals surface area contributed by atoms with Crippen LogP contribution in [0.4, 0.5) is 5.82 Å². The highest BCUT2D eigenvalue weighted by molar-refractivity contribution is 5.98. The van der Waals surface area contributed by atoms with Crippen molar-refractivity contribution in [1.29, 1.82) is 5.26 Å². The van der Waals surface area contributed by atoms with Crippen LogP contribution in [0.3, 0.4) is 0 Å². The summed E-state index contributed by atoms with van der Waals surface area (Å²) in [4.78, 5) is 32.6. The molecule has 8 heteroatoms. The maximum Gasteiger partial charge on any atom is 0.254 e. The fraction of sp³-hybridized carbons (Fsp3) is 0.167. The van der Waals surface area contributed by atoms with Crippen molar-refractivity contribution in [2.45, 2.75) is 20.0 Å². The summed E-state index contributed by atoms with van der Waals surface area (Å²) in [5, 5.41) is 13.0. The molecule has 1 N–H and O–H groups in total. The molecule has 0 aliphatic heterocycles. The Morgan fingerprint density at radius 2 is 1.91 bits per heavy atom. The lowest BCUT2D eigenvalue weighted by Gasteiger charge is -2.22. The number of fused-ring (bicyclic) bond motifs is 1. The molecule has 0 bridgehead atoms. The van der Waals surface area contributed by atoms with Crippen molar-refractivity contribution in [2.24, 2.45) is 0 Å². The Hall–Kier alpha value is -4.38. The molecular formula is C24H21N7O. The third kappa shape index (κ3) is 4.52. The van der Waals surface area contributed by atoms with Crippen LogP contribution in [0.2, 0.25) is 0 Å². The van der Waals surface area contributed by atoms with Gasteiger partial charge in [-0.2, -0.15) is 5.26 Å². The molecule has 0 saturated carbocycles. The zero-order chi connectivity index (χ0) is 22.5. The SMILES string of the molecule is CNc1nc2ccc(C(=O)N(Cc3ccc(C#N)cn3)Cc3ncccn3)cc2cc1C. The van der Waals surface area contributed by atoms with Gasteiger partial charge in [-0.05, 0) is 55.0 Å². The second kappa shape index (κ2) is 9.18. The van der Waals surface area contributed by atoms with Crippen LogP contribution in [0.25, 0.3) is 10.9 Å². The van der Waals surface area contributed by atoms with E-state index in [1.54, 1.807) is 41.6 Å². The van der Waals surface area contributed by atoms with Gasteiger partial charge < -0.3 is 10.2 Å². The molecule has 3 aromatic heterocycles. The van der Waals surface area contributed by atoms with E-state index in [0.29, 0.717) is 22.6 Å². The van der Waals surface area contributed by atoms with Crippen LogP contribution < -0.4 is 5.32 Å². The van der Waals surface area contributed by atoms with E-state index in [1.165, 1.54) is 6.20 Å². The predicted octanol–water partition coefficient (Wildman–Crippen LogP) is 3.48. The Balaban J connectivity index is 1.67. The van der Waals surface area contributed by atoms with Gasteiger partial charge in [-0.15, -0.1) is 0 Å². The number of hydrogen-bond acceptors (Lipinski definition) is 7. The van der Waals surface area contributed by atoms with E-state index in [-0.39, 0.29) is 19.0 Å². The normalized spacial score (nSPS) is 10.5. The monoisotopic (exact) mass is 423 g/mol. The number of pyridine rings is 2. The van der Waals surface area contributed by atoms with Gasteiger partial charge in [0, 0.05) is 36.6 Å². The Morgan fingerprint density at radius 3 is 2.59 bits per heavy atom. The van der Waals surface area contributed by atoms with E-state index < -0.39 is 0 Å².